The molecule has 0 unspecified atom stereocenters. The highest BCUT2D eigenvalue weighted by Gasteiger charge is 2.05. The number of thioether (sulfide) groups is 1. The van der Waals surface area contributed by atoms with Gasteiger partial charge in [0.05, 0.1) is 16.8 Å². The van der Waals surface area contributed by atoms with Crippen LogP contribution in [0, 0.1) is 0 Å². The first-order valence-electron chi connectivity index (χ1n) is 5.76. The summed E-state index contributed by atoms with van der Waals surface area (Å²) in [5.74, 6) is 0. The van der Waals surface area contributed by atoms with E-state index in [1.165, 1.54) is 9.58 Å². The molecular weight excluding hydrogens is 294 g/mol. The highest BCUT2D eigenvalue weighted by molar-refractivity contribution is 8.00. The molecule has 19 heavy (non-hydrogen) atoms. The second-order valence-corrected chi connectivity index (χ2v) is 7.10. The summed E-state index contributed by atoms with van der Waals surface area (Å²) in [6.45, 7) is 0.767. The summed E-state index contributed by atoms with van der Waals surface area (Å²) in [4.78, 5) is 5.71. The number of thiophene rings is 1. The molecule has 0 aliphatic heterocycles. The largest absolute Gasteiger partial charge is 0.398 e. The molecule has 6 heteroatoms. The van der Waals surface area contributed by atoms with Crippen LogP contribution in [0.25, 0.3) is 10.2 Å². The average molecular weight is 307 g/mol. The molecule has 0 aliphatic rings. The van der Waals surface area contributed by atoms with Crippen LogP contribution in [0.5, 0.6) is 0 Å². The van der Waals surface area contributed by atoms with Gasteiger partial charge in [0.1, 0.15) is 0 Å². The SMILES string of the molecule is CSc1nc2ccc(NCc3sccc3N)cc2s1. The third-order valence-electron chi connectivity index (χ3n) is 2.78. The zero-order chi connectivity index (χ0) is 13.2. The number of hydrogen-bond donors (Lipinski definition) is 2. The van der Waals surface area contributed by atoms with E-state index in [1.54, 1.807) is 34.4 Å². The van der Waals surface area contributed by atoms with Gasteiger partial charge in [-0.25, -0.2) is 4.98 Å². The molecule has 0 saturated heterocycles. The highest BCUT2D eigenvalue weighted by Crippen LogP contribution is 2.30. The van der Waals surface area contributed by atoms with Gasteiger partial charge in [0, 0.05) is 16.3 Å². The molecule has 0 atom stereocenters. The molecule has 3 N–H and O–H groups in total. The van der Waals surface area contributed by atoms with E-state index in [0.29, 0.717) is 0 Å². The number of aromatic nitrogens is 1. The first kappa shape index (κ1) is 12.8. The molecule has 0 fully saturated rings. The molecule has 1 aromatic carbocycles. The number of hydrogen-bond acceptors (Lipinski definition) is 6. The van der Waals surface area contributed by atoms with Gasteiger partial charge in [-0.05, 0) is 35.9 Å². The number of fused-ring (bicyclic) bond motifs is 1. The predicted molar refractivity (Wildman–Crippen MR) is 87.5 cm³/mol. The maximum absolute atomic E-state index is 5.88. The van der Waals surface area contributed by atoms with E-state index in [4.69, 9.17) is 5.73 Å². The lowest BCUT2D eigenvalue weighted by Gasteiger charge is -2.05. The third-order valence-corrected chi connectivity index (χ3v) is 5.72. The minimum atomic E-state index is 0.767. The molecule has 3 nitrogen and oxygen atoms in total. The van der Waals surface area contributed by atoms with Crippen LogP contribution in [0.2, 0.25) is 0 Å². The zero-order valence-electron chi connectivity index (χ0n) is 10.3. The van der Waals surface area contributed by atoms with Crippen LogP contribution in [-0.4, -0.2) is 11.2 Å². The summed E-state index contributed by atoms with van der Waals surface area (Å²) in [7, 11) is 0. The number of nitrogen functional groups attached to an aromatic ring is 1. The van der Waals surface area contributed by atoms with E-state index >= 15 is 0 Å². The molecule has 98 valence electrons. The Labute approximate surface area is 123 Å². The third kappa shape index (κ3) is 2.70. The number of nitrogens with zero attached hydrogens (tertiary/aromatic N) is 1. The first-order chi connectivity index (χ1) is 9.26. The van der Waals surface area contributed by atoms with Gasteiger partial charge in [-0.1, -0.05) is 11.8 Å². The van der Waals surface area contributed by atoms with E-state index < -0.39 is 0 Å². The number of anilines is 2. The van der Waals surface area contributed by atoms with Gasteiger partial charge >= 0.3 is 0 Å². The molecule has 0 spiro atoms. The van der Waals surface area contributed by atoms with E-state index in [2.05, 4.69) is 34.8 Å². The standard InChI is InChI=1S/C13H13N3S3/c1-17-13-16-10-3-2-8(6-11(10)19-13)15-7-12-9(14)4-5-18-12/h2-6,15H,7,14H2,1H3. The van der Waals surface area contributed by atoms with Gasteiger partial charge in [-0.2, -0.15) is 0 Å². The van der Waals surface area contributed by atoms with Crippen molar-refractivity contribution in [1.82, 2.24) is 4.98 Å². The number of nitrogens with two attached hydrogens (primary N) is 1. The summed E-state index contributed by atoms with van der Waals surface area (Å²) in [5.41, 5.74) is 8.91. The van der Waals surface area contributed by atoms with Crippen molar-refractivity contribution in [3.05, 3.63) is 34.5 Å². The second kappa shape index (κ2) is 5.40. The van der Waals surface area contributed by atoms with E-state index in [1.807, 2.05) is 11.4 Å². The molecule has 0 aliphatic carbocycles. The van der Waals surface area contributed by atoms with Crippen molar-refractivity contribution in [2.75, 3.05) is 17.3 Å². The predicted octanol–water partition coefficient (Wildman–Crippen LogP) is 4.27. The van der Waals surface area contributed by atoms with Crippen LogP contribution >= 0.6 is 34.4 Å². The van der Waals surface area contributed by atoms with Crippen LogP contribution in [0.1, 0.15) is 4.88 Å². The number of nitrogens with one attached hydrogen (secondary N) is 1. The van der Waals surface area contributed by atoms with Crippen molar-refractivity contribution in [3.63, 3.8) is 0 Å². The van der Waals surface area contributed by atoms with Crippen molar-refractivity contribution < 1.29 is 0 Å². The molecule has 3 aromatic rings. The Kier molecular flexibility index (Phi) is 3.63. The average Bonchev–Trinajstić information content (AvgIpc) is 3.01. The van der Waals surface area contributed by atoms with E-state index in [0.717, 1.165) is 27.8 Å². The minimum Gasteiger partial charge on any atom is -0.398 e. The topological polar surface area (TPSA) is 50.9 Å². The first-order valence-corrected chi connectivity index (χ1v) is 8.68. The van der Waals surface area contributed by atoms with Gasteiger partial charge in [0.25, 0.3) is 0 Å². The lowest BCUT2D eigenvalue weighted by atomic mass is 10.3. The van der Waals surface area contributed by atoms with Crippen LogP contribution in [0.3, 0.4) is 0 Å². The van der Waals surface area contributed by atoms with Crippen molar-refractivity contribution in [1.29, 1.82) is 0 Å². The lowest BCUT2D eigenvalue weighted by Crippen LogP contribution is -1.99. The molecule has 2 aromatic heterocycles. The maximum atomic E-state index is 5.88. The van der Waals surface area contributed by atoms with Gasteiger partial charge in [-0.15, -0.1) is 22.7 Å². The second-order valence-electron chi connectivity index (χ2n) is 4.02. The summed E-state index contributed by atoms with van der Waals surface area (Å²) in [6.07, 6.45) is 2.05. The van der Waals surface area contributed by atoms with Gasteiger partial charge in [0.2, 0.25) is 0 Å². The molecule has 0 bridgehead atoms. The Hall–Kier alpha value is -1.24. The molecule has 0 saturated carbocycles. The maximum Gasteiger partial charge on any atom is 0.150 e. The number of thiazole rings is 1. The Morgan fingerprint density at radius 2 is 2.26 bits per heavy atom. The van der Waals surface area contributed by atoms with E-state index in [-0.39, 0.29) is 0 Å². The monoisotopic (exact) mass is 307 g/mol. The van der Waals surface area contributed by atoms with E-state index in [9.17, 15) is 0 Å². The highest BCUT2D eigenvalue weighted by atomic mass is 32.2. The quantitative estimate of drug-likeness (QED) is 0.707. The minimum absolute atomic E-state index is 0.767. The normalized spacial score (nSPS) is 11.0. The Morgan fingerprint density at radius 1 is 1.37 bits per heavy atom. The van der Waals surface area contributed by atoms with Crippen molar-refractivity contribution >= 4 is 56.0 Å². The van der Waals surface area contributed by atoms with Gasteiger partial charge in [-0.3, -0.25) is 0 Å². The van der Waals surface area contributed by atoms with Crippen LogP contribution in [0.4, 0.5) is 11.4 Å². The van der Waals surface area contributed by atoms with Crippen molar-refractivity contribution in [2.45, 2.75) is 10.9 Å². The fraction of sp³-hybridized carbons (Fsp3) is 0.154. The van der Waals surface area contributed by atoms with Crippen LogP contribution < -0.4 is 11.1 Å². The van der Waals surface area contributed by atoms with Crippen molar-refractivity contribution in [2.24, 2.45) is 0 Å². The molecule has 0 radical (unpaired) electrons. The summed E-state index contributed by atoms with van der Waals surface area (Å²) in [6, 6.07) is 8.22. The van der Waals surface area contributed by atoms with Crippen LogP contribution in [-0.2, 0) is 6.54 Å². The van der Waals surface area contributed by atoms with Gasteiger partial charge < -0.3 is 11.1 Å². The Bertz CT molecular complexity index is 702. The summed E-state index contributed by atoms with van der Waals surface area (Å²) >= 11 is 5.09. The summed E-state index contributed by atoms with van der Waals surface area (Å²) in [5, 5.41) is 5.43. The fourth-order valence-electron chi connectivity index (χ4n) is 1.78. The molecule has 2 heterocycles. The lowest BCUT2D eigenvalue weighted by molar-refractivity contribution is 1.20. The van der Waals surface area contributed by atoms with Crippen LogP contribution in [0.15, 0.2) is 34.0 Å². The van der Waals surface area contributed by atoms with Crippen molar-refractivity contribution in [3.8, 4) is 0 Å². The molecule has 3 rings (SSSR count). The number of rotatable bonds is 4. The molecular formula is C13H13N3S3. The summed E-state index contributed by atoms with van der Waals surface area (Å²) < 4.78 is 2.32. The van der Waals surface area contributed by atoms with Gasteiger partial charge in [0.15, 0.2) is 4.34 Å². The number of benzene rings is 1. The Balaban J connectivity index is 1.79. The molecule has 0 amide bonds. The Morgan fingerprint density at radius 3 is 3.00 bits per heavy atom. The zero-order valence-corrected chi connectivity index (χ0v) is 12.8. The fourth-order valence-corrected chi connectivity index (χ4v) is 4.04. The smallest absolute Gasteiger partial charge is 0.150 e.